The van der Waals surface area contributed by atoms with Crippen molar-refractivity contribution in [3.05, 3.63) is 76.9 Å². The minimum atomic E-state index is -0.747. The maximum atomic E-state index is 12.8. The van der Waals surface area contributed by atoms with Gasteiger partial charge in [0.1, 0.15) is 6.33 Å². The SMILES string of the molecule is Cc1c(C(=O)COC(=O)[C@H](Cc2ccccc2)n2cnnn2)sc2ccccc12. The molecule has 0 fully saturated rings. The van der Waals surface area contributed by atoms with Crippen molar-refractivity contribution in [3.8, 4) is 0 Å². The van der Waals surface area contributed by atoms with E-state index in [9.17, 15) is 9.59 Å². The molecule has 0 saturated heterocycles. The van der Waals surface area contributed by atoms with Gasteiger partial charge in [-0.3, -0.25) is 4.79 Å². The number of Topliss-reactive ketones (excluding diaryl/α,β-unsaturated/α-hetero) is 1. The predicted molar refractivity (Wildman–Crippen MR) is 109 cm³/mol. The number of esters is 1. The Morgan fingerprint density at radius 3 is 2.59 bits per heavy atom. The van der Waals surface area contributed by atoms with E-state index in [1.165, 1.54) is 22.3 Å². The van der Waals surface area contributed by atoms with Crippen LogP contribution >= 0.6 is 11.3 Å². The van der Waals surface area contributed by atoms with E-state index in [1.807, 2.05) is 61.5 Å². The topological polar surface area (TPSA) is 87.0 Å². The molecule has 4 aromatic rings. The highest BCUT2D eigenvalue weighted by Crippen LogP contribution is 2.31. The van der Waals surface area contributed by atoms with Gasteiger partial charge in [0.2, 0.25) is 5.78 Å². The lowest BCUT2D eigenvalue weighted by molar-refractivity contribution is -0.146. The van der Waals surface area contributed by atoms with Gasteiger partial charge in [0.05, 0.1) is 4.88 Å². The smallest absolute Gasteiger partial charge is 0.331 e. The van der Waals surface area contributed by atoms with E-state index in [4.69, 9.17) is 4.74 Å². The van der Waals surface area contributed by atoms with E-state index in [-0.39, 0.29) is 12.4 Å². The second-order valence-electron chi connectivity index (χ2n) is 6.58. The van der Waals surface area contributed by atoms with Crippen molar-refractivity contribution in [2.45, 2.75) is 19.4 Å². The Hall–Kier alpha value is -3.39. The molecule has 0 aliphatic heterocycles. The lowest BCUT2D eigenvalue weighted by atomic mass is 10.1. The van der Waals surface area contributed by atoms with Crippen molar-refractivity contribution in [2.75, 3.05) is 6.61 Å². The summed E-state index contributed by atoms with van der Waals surface area (Å²) in [5.74, 6) is -0.763. The Morgan fingerprint density at radius 2 is 1.86 bits per heavy atom. The molecule has 0 aliphatic carbocycles. The Labute approximate surface area is 170 Å². The highest BCUT2D eigenvalue weighted by atomic mass is 32.1. The van der Waals surface area contributed by atoms with Gasteiger partial charge >= 0.3 is 5.97 Å². The minimum Gasteiger partial charge on any atom is -0.456 e. The number of tetrazole rings is 1. The largest absolute Gasteiger partial charge is 0.456 e. The average Bonchev–Trinajstić information content (AvgIpc) is 3.39. The molecule has 0 spiro atoms. The summed E-state index contributed by atoms with van der Waals surface area (Å²) in [5, 5.41) is 12.1. The van der Waals surface area contributed by atoms with Crippen molar-refractivity contribution in [1.82, 2.24) is 20.2 Å². The second-order valence-corrected chi connectivity index (χ2v) is 7.63. The van der Waals surface area contributed by atoms with Crippen LogP contribution < -0.4 is 0 Å². The molecule has 4 rings (SSSR count). The molecule has 146 valence electrons. The summed E-state index contributed by atoms with van der Waals surface area (Å²) in [6.07, 6.45) is 1.73. The first-order chi connectivity index (χ1) is 14.1. The minimum absolute atomic E-state index is 0.216. The fourth-order valence-corrected chi connectivity index (χ4v) is 4.31. The van der Waals surface area contributed by atoms with Crippen molar-refractivity contribution in [3.63, 3.8) is 0 Å². The number of carbonyl (C=O) groups excluding carboxylic acids is 2. The van der Waals surface area contributed by atoms with Crippen LogP contribution in [0.15, 0.2) is 60.9 Å². The summed E-state index contributed by atoms with van der Waals surface area (Å²) < 4.78 is 7.76. The van der Waals surface area contributed by atoms with Crippen molar-refractivity contribution < 1.29 is 14.3 Å². The molecule has 0 unspecified atom stereocenters. The summed E-state index contributed by atoms with van der Waals surface area (Å²) in [4.78, 5) is 26.1. The number of aromatic nitrogens is 4. The van der Waals surface area contributed by atoms with Crippen molar-refractivity contribution in [2.24, 2.45) is 0 Å². The Kier molecular flexibility index (Phi) is 5.44. The van der Waals surface area contributed by atoms with Crippen LogP contribution in [0.3, 0.4) is 0 Å². The Morgan fingerprint density at radius 1 is 1.10 bits per heavy atom. The fraction of sp³-hybridized carbons (Fsp3) is 0.190. The van der Waals surface area contributed by atoms with Gasteiger partial charge in [-0.2, -0.15) is 0 Å². The summed E-state index contributed by atoms with van der Waals surface area (Å²) in [7, 11) is 0. The number of ketones is 1. The normalized spacial score (nSPS) is 12.0. The Bertz CT molecular complexity index is 1140. The zero-order valence-corrected chi connectivity index (χ0v) is 16.5. The van der Waals surface area contributed by atoms with Crippen molar-refractivity contribution >= 4 is 33.2 Å². The van der Waals surface area contributed by atoms with Crippen LogP contribution in [0.5, 0.6) is 0 Å². The quantitative estimate of drug-likeness (QED) is 0.345. The third kappa shape index (κ3) is 4.07. The highest BCUT2D eigenvalue weighted by molar-refractivity contribution is 7.21. The number of benzene rings is 2. The van der Waals surface area contributed by atoms with E-state index < -0.39 is 12.0 Å². The van der Waals surface area contributed by atoms with E-state index in [0.29, 0.717) is 11.3 Å². The molecule has 0 aliphatic rings. The molecule has 7 nitrogen and oxygen atoms in total. The summed E-state index contributed by atoms with van der Waals surface area (Å²) >= 11 is 1.41. The number of nitrogens with zero attached hydrogens (tertiary/aromatic N) is 4. The average molecular weight is 406 g/mol. The van der Waals surface area contributed by atoms with Gasteiger partial charge in [-0.05, 0) is 39.9 Å². The van der Waals surface area contributed by atoms with Crippen LogP contribution in [0, 0.1) is 6.92 Å². The van der Waals surface area contributed by atoms with Gasteiger partial charge in [0.15, 0.2) is 12.6 Å². The first-order valence-electron chi connectivity index (χ1n) is 9.08. The number of carbonyl (C=O) groups is 2. The van der Waals surface area contributed by atoms with Gasteiger partial charge in [0.25, 0.3) is 0 Å². The number of aryl methyl sites for hydroxylation is 1. The molecule has 2 aromatic heterocycles. The lowest BCUT2D eigenvalue weighted by Crippen LogP contribution is -2.26. The fourth-order valence-electron chi connectivity index (χ4n) is 3.17. The summed E-state index contributed by atoms with van der Waals surface area (Å²) in [5.41, 5.74) is 1.85. The maximum absolute atomic E-state index is 12.8. The van der Waals surface area contributed by atoms with Gasteiger partial charge in [0, 0.05) is 11.1 Å². The van der Waals surface area contributed by atoms with E-state index in [0.717, 1.165) is 21.2 Å². The van der Waals surface area contributed by atoms with E-state index in [1.54, 1.807) is 0 Å². The zero-order chi connectivity index (χ0) is 20.2. The molecule has 2 aromatic carbocycles. The number of fused-ring (bicyclic) bond motifs is 1. The molecule has 29 heavy (non-hydrogen) atoms. The molecule has 0 N–H and O–H groups in total. The first kappa shape index (κ1) is 18.9. The Balaban J connectivity index is 1.48. The molecular formula is C21H18N4O3S. The van der Waals surface area contributed by atoms with Gasteiger partial charge in [-0.1, -0.05) is 48.5 Å². The lowest BCUT2D eigenvalue weighted by Gasteiger charge is -2.15. The number of ether oxygens (including phenoxy) is 1. The standard InChI is InChI=1S/C21H18N4O3S/c1-14-16-9-5-6-10-19(16)29-20(14)18(26)12-28-21(27)17(25-13-22-23-24-25)11-15-7-3-2-4-8-15/h2-10,13,17H,11-12H2,1H3/t17-/m0/s1. The summed E-state index contributed by atoms with van der Waals surface area (Å²) in [6.45, 7) is 1.59. The molecule has 0 bridgehead atoms. The maximum Gasteiger partial charge on any atom is 0.331 e. The molecule has 2 heterocycles. The molecule has 0 radical (unpaired) electrons. The van der Waals surface area contributed by atoms with Gasteiger partial charge in [-0.15, -0.1) is 16.4 Å². The van der Waals surface area contributed by atoms with Crippen LogP contribution in [0.25, 0.3) is 10.1 Å². The van der Waals surface area contributed by atoms with Crippen LogP contribution in [0.1, 0.15) is 26.8 Å². The summed E-state index contributed by atoms with van der Waals surface area (Å²) in [6, 6.07) is 16.6. The van der Waals surface area contributed by atoms with E-state index in [2.05, 4.69) is 15.5 Å². The van der Waals surface area contributed by atoms with Crippen LogP contribution in [-0.4, -0.2) is 38.6 Å². The molecule has 8 heteroatoms. The van der Waals surface area contributed by atoms with E-state index >= 15 is 0 Å². The third-order valence-electron chi connectivity index (χ3n) is 4.67. The zero-order valence-electron chi connectivity index (χ0n) is 15.7. The number of hydrogen-bond donors (Lipinski definition) is 0. The first-order valence-corrected chi connectivity index (χ1v) is 9.89. The molecule has 1 atom stereocenters. The highest BCUT2D eigenvalue weighted by Gasteiger charge is 2.25. The van der Waals surface area contributed by atoms with Crippen LogP contribution in [-0.2, 0) is 16.0 Å². The molecule has 0 saturated carbocycles. The van der Waals surface area contributed by atoms with Crippen LogP contribution in [0.2, 0.25) is 0 Å². The molecule has 0 amide bonds. The van der Waals surface area contributed by atoms with Gasteiger partial charge < -0.3 is 4.74 Å². The predicted octanol–water partition coefficient (Wildman–Crippen LogP) is 3.41. The van der Waals surface area contributed by atoms with Gasteiger partial charge in [-0.25, -0.2) is 9.48 Å². The number of rotatable bonds is 7. The van der Waals surface area contributed by atoms with Crippen molar-refractivity contribution in [1.29, 1.82) is 0 Å². The van der Waals surface area contributed by atoms with Crippen LogP contribution in [0.4, 0.5) is 0 Å². The monoisotopic (exact) mass is 406 g/mol. The number of hydrogen-bond acceptors (Lipinski definition) is 7. The number of thiophene rings is 1. The molecular weight excluding hydrogens is 388 g/mol. The second kappa shape index (κ2) is 8.32. The third-order valence-corrected chi connectivity index (χ3v) is 5.98.